The van der Waals surface area contributed by atoms with E-state index in [0.29, 0.717) is 34.4 Å². The van der Waals surface area contributed by atoms with Crippen molar-refractivity contribution in [2.75, 3.05) is 24.5 Å². The van der Waals surface area contributed by atoms with Crippen molar-refractivity contribution in [1.29, 1.82) is 0 Å². The van der Waals surface area contributed by atoms with Crippen molar-refractivity contribution in [3.8, 4) is 0 Å². The fraction of sp³-hybridized carbons (Fsp3) is 0.176. The van der Waals surface area contributed by atoms with E-state index in [2.05, 4.69) is 0 Å². The van der Waals surface area contributed by atoms with E-state index in [-0.39, 0.29) is 18.4 Å². The van der Waals surface area contributed by atoms with Crippen molar-refractivity contribution in [1.82, 2.24) is 4.90 Å². The summed E-state index contributed by atoms with van der Waals surface area (Å²) in [7, 11) is 0. The molecular formula is C17H13Cl2FN2O2. The monoisotopic (exact) mass is 366 g/mol. The maximum atomic E-state index is 13.3. The average Bonchev–Trinajstić information content (AvgIpc) is 2.53. The largest absolute Gasteiger partial charge is 0.328 e. The van der Waals surface area contributed by atoms with Gasteiger partial charge in [0.15, 0.2) is 0 Å². The molecule has 0 radical (unpaired) electrons. The molecule has 0 unspecified atom stereocenters. The van der Waals surface area contributed by atoms with E-state index in [0.717, 1.165) is 0 Å². The first-order chi connectivity index (χ1) is 11.4. The highest BCUT2D eigenvalue weighted by molar-refractivity contribution is 6.35. The average molecular weight is 367 g/mol. The molecule has 1 heterocycles. The lowest BCUT2D eigenvalue weighted by molar-refractivity contribution is -0.120. The van der Waals surface area contributed by atoms with Gasteiger partial charge in [0.05, 0.1) is 0 Å². The van der Waals surface area contributed by atoms with Gasteiger partial charge in [-0.05, 0) is 36.4 Å². The van der Waals surface area contributed by atoms with Crippen LogP contribution in [0.15, 0.2) is 42.5 Å². The van der Waals surface area contributed by atoms with Gasteiger partial charge in [0.25, 0.3) is 5.91 Å². The van der Waals surface area contributed by atoms with Crippen LogP contribution in [0.3, 0.4) is 0 Å². The highest BCUT2D eigenvalue weighted by atomic mass is 35.5. The number of carbonyl (C=O) groups is 2. The van der Waals surface area contributed by atoms with Gasteiger partial charge in [0.2, 0.25) is 5.91 Å². The molecule has 0 saturated carbocycles. The van der Waals surface area contributed by atoms with Gasteiger partial charge in [-0.25, -0.2) is 4.39 Å². The molecule has 7 heteroatoms. The number of rotatable bonds is 2. The molecule has 0 bridgehead atoms. The summed E-state index contributed by atoms with van der Waals surface area (Å²) in [5.74, 6) is -0.993. The Morgan fingerprint density at radius 1 is 1.04 bits per heavy atom. The standard InChI is InChI=1S/C17H13Cl2FN2O2/c18-12-6-11(7-13(19)8-12)17(24)21-4-5-22(16(23)10-21)15-3-1-2-14(20)9-15/h1-3,6-9H,4-5,10H2. The second-order valence-electron chi connectivity index (χ2n) is 5.41. The lowest BCUT2D eigenvalue weighted by atomic mass is 10.1. The van der Waals surface area contributed by atoms with E-state index in [1.165, 1.54) is 40.1 Å². The molecule has 1 fully saturated rings. The van der Waals surface area contributed by atoms with Gasteiger partial charge in [0.1, 0.15) is 12.4 Å². The zero-order chi connectivity index (χ0) is 17.3. The Balaban J connectivity index is 1.75. The summed E-state index contributed by atoms with van der Waals surface area (Å²) in [4.78, 5) is 27.8. The number of carbonyl (C=O) groups excluding carboxylic acids is 2. The maximum absolute atomic E-state index is 13.3. The Hall–Kier alpha value is -2.11. The summed E-state index contributed by atoms with van der Waals surface area (Å²) in [6.07, 6.45) is 0. The number of piperazine rings is 1. The summed E-state index contributed by atoms with van der Waals surface area (Å²) in [6.45, 7) is 0.549. The Bertz CT molecular complexity index is 793. The number of hydrogen-bond donors (Lipinski definition) is 0. The molecule has 1 saturated heterocycles. The van der Waals surface area contributed by atoms with Gasteiger partial charge < -0.3 is 9.80 Å². The first-order valence-electron chi connectivity index (χ1n) is 7.25. The Morgan fingerprint density at radius 2 is 1.75 bits per heavy atom. The van der Waals surface area contributed by atoms with Crippen molar-refractivity contribution in [2.45, 2.75) is 0 Å². The quantitative estimate of drug-likeness (QED) is 0.814. The third-order valence-corrected chi connectivity index (χ3v) is 4.17. The third-order valence-electron chi connectivity index (χ3n) is 3.74. The Morgan fingerprint density at radius 3 is 2.38 bits per heavy atom. The van der Waals surface area contributed by atoms with E-state index in [1.807, 2.05) is 0 Å². The van der Waals surface area contributed by atoms with Crippen LogP contribution in [0.1, 0.15) is 10.4 Å². The van der Waals surface area contributed by atoms with Crippen LogP contribution in [0.4, 0.5) is 10.1 Å². The predicted molar refractivity (Wildman–Crippen MR) is 91.1 cm³/mol. The molecule has 124 valence electrons. The van der Waals surface area contributed by atoms with Crippen LogP contribution in [0, 0.1) is 5.82 Å². The number of anilines is 1. The topological polar surface area (TPSA) is 40.6 Å². The van der Waals surface area contributed by atoms with E-state index >= 15 is 0 Å². The molecule has 0 aromatic heterocycles. The Kier molecular flexibility index (Phi) is 4.73. The van der Waals surface area contributed by atoms with Gasteiger partial charge >= 0.3 is 0 Å². The van der Waals surface area contributed by atoms with E-state index in [4.69, 9.17) is 23.2 Å². The van der Waals surface area contributed by atoms with Crippen molar-refractivity contribution >= 4 is 40.7 Å². The molecule has 0 aliphatic carbocycles. The minimum absolute atomic E-state index is 0.0839. The SMILES string of the molecule is O=C(c1cc(Cl)cc(Cl)c1)N1CCN(c2cccc(F)c2)C(=O)C1. The van der Waals surface area contributed by atoms with Crippen LogP contribution in [0.2, 0.25) is 10.0 Å². The maximum Gasteiger partial charge on any atom is 0.254 e. The Labute approximate surface area is 148 Å². The van der Waals surface area contributed by atoms with Crippen LogP contribution in [0.25, 0.3) is 0 Å². The van der Waals surface area contributed by atoms with E-state index < -0.39 is 5.82 Å². The smallest absolute Gasteiger partial charge is 0.254 e. The minimum Gasteiger partial charge on any atom is -0.328 e. The molecule has 0 N–H and O–H groups in total. The van der Waals surface area contributed by atoms with Gasteiger partial charge in [-0.15, -0.1) is 0 Å². The molecule has 1 aliphatic rings. The molecule has 0 spiro atoms. The first kappa shape index (κ1) is 16.7. The van der Waals surface area contributed by atoms with E-state index in [9.17, 15) is 14.0 Å². The van der Waals surface area contributed by atoms with Crippen molar-refractivity contribution in [3.05, 3.63) is 63.9 Å². The molecule has 2 aromatic carbocycles. The normalized spacial score (nSPS) is 14.9. The highest BCUT2D eigenvalue weighted by Gasteiger charge is 2.29. The van der Waals surface area contributed by atoms with Crippen molar-refractivity contribution in [2.24, 2.45) is 0 Å². The number of halogens is 3. The van der Waals surface area contributed by atoms with Crippen molar-refractivity contribution in [3.63, 3.8) is 0 Å². The number of hydrogen-bond acceptors (Lipinski definition) is 2. The number of benzene rings is 2. The summed E-state index contributed by atoms with van der Waals surface area (Å²) >= 11 is 11.8. The zero-order valence-electron chi connectivity index (χ0n) is 12.5. The van der Waals surface area contributed by atoms with Gasteiger partial charge in [0, 0.05) is 34.4 Å². The minimum atomic E-state index is -0.410. The van der Waals surface area contributed by atoms with Crippen LogP contribution in [0.5, 0.6) is 0 Å². The van der Waals surface area contributed by atoms with Crippen LogP contribution in [-0.4, -0.2) is 36.3 Å². The summed E-state index contributed by atoms with van der Waals surface area (Å²) in [5.41, 5.74) is 0.817. The van der Waals surface area contributed by atoms with Crippen LogP contribution >= 0.6 is 23.2 Å². The van der Waals surface area contributed by atoms with Gasteiger partial charge in [-0.1, -0.05) is 29.3 Å². The molecule has 1 aliphatic heterocycles. The van der Waals surface area contributed by atoms with Gasteiger partial charge in [-0.2, -0.15) is 0 Å². The summed E-state index contributed by atoms with van der Waals surface area (Å²) < 4.78 is 13.3. The van der Waals surface area contributed by atoms with E-state index in [1.54, 1.807) is 12.1 Å². The molecule has 24 heavy (non-hydrogen) atoms. The fourth-order valence-corrected chi connectivity index (χ4v) is 3.15. The molecular weight excluding hydrogens is 354 g/mol. The lowest BCUT2D eigenvalue weighted by Gasteiger charge is -2.34. The predicted octanol–water partition coefficient (Wildman–Crippen LogP) is 3.62. The second-order valence-corrected chi connectivity index (χ2v) is 6.28. The molecule has 0 atom stereocenters. The van der Waals surface area contributed by atoms with Crippen LogP contribution in [-0.2, 0) is 4.79 Å². The fourth-order valence-electron chi connectivity index (χ4n) is 2.62. The highest BCUT2D eigenvalue weighted by Crippen LogP contribution is 2.22. The molecule has 3 rings (SSSR count). The number of amides is 2. The summed E-state index contributed by atoms with van der Waals surface area (Å²) in [5, 5.41) is 0.714. The molecule has 2 aromatic rings. The third kappa shape index (κ3) is 3.52. The second kappa shape index (κ2) is 6.79. The lowest BCUT2D eigenvalue weighted by Crippen LogP contribution is -2.52. The van der Waals surface area contributed by atoms with Gasteiger partial charge in [-0.3, -0.25) is 9.59 Å². The zero-order valence-corrected chi connectivity index (χ0v) is 14.0. The molecule has 2 amide bonds. The van der Waals surface area contributed by atoms with Crippen molar-refractivity contribution < 1.29 is 14.0 Å². The molecule has 4 nitrogen and oxygen atoms in total. The van der Waals surface area contributed by atoms with Crippen LogP contribution < -0.4 is 4.90 Å². The summed E-state index contributed by atoms with van der Waals surface area (Å²) in [6, 6.07) is 10.4. The number of nitrogens with zero attached hydrogens (tertiary/aromatic N) is 2. The first-order valence-corrected chi connectivity index (χ1v) is 8.01.